The fourth-order valence-electron chi connectivity index (χ4n) is 4.62. The third-order valence-electron chi connectivity index (χ3n) is 6.16. The van der Waals surface area contributed by atoms with Gasteiger partial charge in [-0.2, -0.15) is 10.1 Å². The number of hydrogen-bond donors (Lipinski definition) is 1. The van der Waals surface area contributed by atoms with Crippen molar-refractivity contribution < 1.29 is 14.1 Å². The summed E-state index contributed by atoms with van der Waals surface area (Å²) in [5, 5.41) is 11.4. The van der Waals surface area contributed by atoms with Gasteiger partial charge in [0.05, 0.1) is 12.1 Å². The molecule has 2 aliphatic heterocycles. The quantitative estimate of drug-likeness (QED) is 0.743. The van der Waals surface area contributed by atoms with E-state index in [1.807, 2.05) is 10.9 Å². The molecule has 158 valence electrons. The predicted molar refractivity (Wildman–Crippen MR) is 105 cm³/mol. The van der Waals surface area contributed by atoms with Gasteiger partial charge in [-0.1, -0.05) is 5.16 Å². The van der Waals surface area contributed by atoms with Crippen LogP contribution in [-0.2, 0) is 29.0 Å². The molecule has 1 spiro atoms. The second kappa shape index (κ2) is 8.62. The number of aryl methyl sites for hydroxylation is 2. The zero-order valence-corrected chi connectivity index (χ0v) is 17.3. The molecule has 2 aliphatic rings. The third-order valence-corrected chi connectivity index (χ3v) is 6.16. The number of nitrogens with one attached hydrogen (secondary N) is 1. The first kappa shape index (κ1) is 20.0. The molecular formula is C20H30N6O3. The first-order valence-electron chi connectivity index (χ1n) is 10.5. The molecule has 0 aromatic carbocycles. The van der Waals surface area contributed by atoms with Crippen molar-refractivity contribution in [2.24, 2.45) is 11.3 Å². The average Bonchev–Trinajstić information content (AvgIpc) is 3.42. The fraction of sp³-hybridized carbons (Fsp3) is 0.700. The Morgan fingerprint density at radius 1 is 1.38 bits per heavy atom. The molecule has 1 atom stereocenters. The SMILES string of the molecule is CCn1cc(CN2C[C@H](C(=O)NCCc3noc(C)n3)C3(CCOCC3)C2)cn1. The first-order chi connectivity index (χ1) is 14.1. The molecule has 0 aliphatic carbocycles. The van der Waals surface area contributed by atoms with Crippen LogP contribution in [0.5, 0.6) is 0 Å². The highest BCUT2D eigenvalue weighted by Gasteiger charge is 2.50. The number of ether oxygens (including phenoxy) is 1. The van der Waals surface area contributed by atoms with E-state index in [0.29, 0.717) is 24.7 Å². The lowest BCUT2D eigenvalue weighted by molar-refractivity contribution is -0.129. The molecule has 0 bridgehead atoms. The van der Waals surface area contributed by atoms with Gasteiger partial charge in [0, 0.05) is 76.5 Å². The van der Waals surface area contributed by atoms with E-state index in [2.05, 4.69) is 38.6 Å². The molecule has 2 aromatic rings. The van der Waals surface area contributed by atoms with E-state index in [0.717, 1.165) is 52.2 Å². The van der Waals surface area contributed by atoms with Crippen molar-refractivity contribution in [3.05, 3.63) is 29.7 Å². The van der Waals surface area contributed by atoms with E-state index in [4.69, 9.17) is 9.26 Å². The zero-order chi connectivity index (χ0) is 20.3. The molecule has 1 amide bonds. The minimum atomic E-state index is -0.0281. The second-order valence-electron chi connectivity index (χ2n) is 8.17. The van der Waals surface area contributed by atoms with Gasteiger partial charge in [-0.3, -0.25) is 14.4 Å². The van der Waals surface area contributed by atoms with E-state index in [1.165, 1.54) is 5.56 Å². The van der Waals surface area contributed by atoms with Crippen LogP contribution in [0.25, 0.3) is 0 Å². The Morgan fingerprint density at radius 2 is 2.21 bits per heavy atom. The van der Waals surface area contributed by atoms with Gasteiger partial charge < -0.3 is 14.6 Å². The van der Waals surface area contributed by atoms with E-state index < -0.39 is 0 Å². The zero-order valence-electron chi connectivity index (χ0n) is 17.3. The Morgan fingerprint density at radius 3 is 2.90 bits per heavy atom. The number of carbonyl (C=O) groups is 1. The van der Waals surface area contributed by atoms with Gasteiger partial charge in [-0.25, -0.2) is 0 Å². The lowest BCUT2D eigenvalue weighted by Gasteiger charge is -2.37. The molecule has 2 aromatic heterocycles. The van der Waals surface area contributed by atoms with E-state index >= 15 is 0 Å². The maximum atomic E-state index is 13.1. The van der Waals surface area contributed by atoms with Crippen molar-refractivity contribution in [1.82, 2.24) is 30.1 Å². The monoisotopic (exact) mass is 402 g/mol. The fourth-order valence-corrected chi connectivity index (χ4v) is 4.62. The van der Waals surface area contributed by atoms with Crippen molar-refractivity contribution in [3.8, 4) is 0 Å². The summed E-state index contributed by atoms with van der Waals surface area (Å²) < 4.78 is 12.5. The normalized spacial score (nSPS) is 21.7. The van der Waals surface area contributed by atoms with Gasteiger partial charge in [0.2, 0.25) is 11.8 Å². The predicted octanol–water partition coefficient (Wildman–Crippen LogP) is 1.18. The minimum Gasteiger partial charge on any atom is -0.381 e. The number of nitrogens with zero attached hydrogens (tertiary/aromatic N) is 5. The van der Waals surface area contributed by atoms with Crippen molar-refractivity contribution in [1.29, 1.82) is 0 Å². The lowest BCUT2D eigenvalue weighted by atomic mass is 9.72. The molecule has 9 nitrogen and oxygen atoms in total. The molecule has 0 unspecified atom stereocenters. The van der Waals surface area contributed by atoms with Gasteiger partial charge in [0.1, 0.15) is 0 Å². The highest BCUT2D eigenvalue weighted by molar-refractivity contribution is 5.80. The van der Waals surface area contributed by atoms with Crippen LogP contribution in [0, 0.1) is 18.3 Å². The maximum Gasteiger partial charge on any atom is 0.225 e. The van der Waals surface area contributed by atoms with Crippen LogP contribution in [0.15, 0.2) is 16.9 Å². The average molecular weight is 402 g/mol. The molecule has 0 radical (unpaired) electrons. The largest absolute Gasteiger partial charge is 0.381 e. The molecule has 2 saturated heterocycles. The summed E-state index contributed by atoms with van der Waals surface area (Å²) in [6, 6.07) is 0. The maximum absolute atomic E-state index is 13.1. The first-order valence-corrected chi connectivity index (χ1v) is 10.5. The van der Waals surface area contributed by atoms with Crippen molar-refractivity contribution in [2.45, 2.75) is 46.2 Å². The Labute approximate surface area is 170 Å². The van der Waals surface area contributed by atoms with Gasteiger partial charge >= 0.3 is 0 Å². The molecule has 2 fully saturated rings. The van der Waals surface area contributed by atoms with Crippen LogP contribution in [0.2, 0.25) is 0 Å². The summed E-state index contributed by atoms with van der Waals surface area (Å²) in [7, 11) is 0. The second-order valence-corrected chi connectivity index (χ2v) is 8.17. The van der Waals surface area contributed by atoms with Gasteiger partial charge in [0.25, 0.3) is 0 Å². The van der Waals surface area contributed by atoms with Gasteiger partial charge in [-0.15, -0.1) is 0 Å². The summed E-state index contributed by atoms with van der Waals surface area (Å²) in [5.41, 5.74) is 1.19. The summed E-state index contributed by atoms with van der Waals surface area (Å²) >= 11 is 0. The number of hydrogen-bond acceptors (Lipinski definition) is 7. The third kappa shape index (κ3) is 4.51. The van der Waals surface area contributed by atoms with Crippen LogP contribution >= 0.6 is 0 Å². The number of amides is 1. The number of likely N-dealkylation sites (tertiary alicyclic amines) is 1. The van der Waals surface area contributed by atoms with Crippen molar-refractivity contribution in [2.75, 3.05) is 32.8 Å². The Balaban J connectivity index is 1.39. The van der Waals surface area contributed by atoms with E-state index in [-0.39, 0.29) is 17.2 Å². The topological polar surface area (TPSA) is 98.3 Å². The molecule has 4 rings (SSSR count). The van der Waals surface area contributed by atoms with Crippen LogP contribution in [-0.4, -0.2) is 63.6 Å². The van der Waals surface area contributed by atoms with Crippen LogP contribution < -0.4 is 5.32 Å². The van der Waals surface area contributed by atoms with Crippen molar-refractivity contribution in [3.63, 3.8) is 0 Å². The standard InChI is InChI=1S/C20H30N6O3/c1-3-26-12-16(10-22-26)11-25-13-17(20(14-25)5-8-28-9-6-20)19(27)21-7-4-18-23-15(2)29-24-18/h10,12,17H,3-9,11,13-14H2,1-2H3,(H,21,27)/t17-/m1/s1. The Kier molecular flexibility index (Phi) is 5.96. The van der Waals surface area contributed by atoms with Crippen LogP contribution in [0.4, 0.5) is 0 Å². The molecule has 1 N–H and O–H groups in total. The molecule has 4 heterocycles. The van der Waals surface area contributed by atoms with Crippen LogP contribution in [0.3, 0.4) is 0 Å². The molecular weight excluding hydrogens is 372 g/mol. The van der Waals surface area contributed by atoms with Crippen molar-refractivity contribution >= 4 is 5.91 Å². The molecule has 29 heavy (non-hydrogen) atoms. The summed E-state index contributed by atoms with van der Waals surface area (Å²) in [6.45, 7) is 9.22. The number of carbonyl (C=O) groups excluding carboxylic acids is 1. The van der Waals surface area contributed by atoms with E-state index in [9.17, 15) is 4.79 Å². The van der Waals surface area contributed by atoms with Gasteiger partial charge in [-0.05, 0) is 19.8 Å². The molecule has 0 saturated carbocycles. The summed E-state index contributed by atoms with van der Waals surface area (Å²) in [6.07, 6.45) is 6.46. The number of aromatic nitrogens is 4. The van der Waals surface area contributed by atoms with E-state index in [1.54, 1.807) is 6.92 Å². The summed E-state index contributed by atoms with van der Waals surface area (Å²) in [4.78, 5) is 19.7. The van der Waals surface area contributed by atoms with Crippen LogP contribution in [0.1, 0.15) is 37.0 Å². The minimum absolute atomic E-state index is 0.00812. The highest BCUT2D eigenvalue weighted by Crippen LogP contribution is 2.44. The lowest BCUT2D eigenvalue weighted by Crippen LogP contribution is -2.44. The van der Waals surface area contributed by atoms with Gasteiger partial charge in [0.15, 0.2) is 5.82 Å². The Hall–Kier alpha value is -2.26. The Bertz CT molecular complexity index is 826. The highest BCUT2D eigenvalue weighted by atomic mass is 16.5. The number of rotatable bonds is 7. The summed E-state index contributed by atoms with van der Waals surface area (Å²) in [5.74, 6) is 1.27. The molecule has 9 heteroatoms. The smallest absolute Gasteiger partial charge is 0.225 e.